The van der Waals surface area contributed by atoms with E-state index in [2.05, 4.69) is 5.32 Å². The van der Waals surface area contributed by atoms with Gasteiger partial charge in [0, 0.05) is 5.39 Å². The number of hydrogen-bond donors (Lipinski definition) is 1. The molecule has 2 aromatic heterocycles. The summed E-state index contributed by atoms with van der Waals surface area (Å²) in [6.45, 7) is -0.170. The number of para-hydroxylation sites is 1. The largest absolute Gasteiger partial charge is 0.467 e. The van der Waals surface area contributed by atoms with Crippen LogP contribution in [0.4, 0.5) is 0 Å². The Labute approximate surface area is 217 Å². The summed E-state index contributed by atoms with van der Waals surface area (Å²) in [5.74, 6) is -0.342. The van der Waals surface area contributed by atoms with E-state index < -0.39 is 18.5 Å². The number of furan rings is 1. The zero-order valence-electron chi connectivity index (χ0n) is 19.2. The van der Waals surface area contributed by atoms with Crippen molar-refractivity contribution < 1.29 is 18.7 Å². The Kier molecular flexibility index (Phi) is 7.07. The molecule has 0 bridgehead atoms. The molecule has 36 heavy (non-hydrogen) atoms. The third kappa shape index (κ3) is 5.15. The first-order valence-corrected chi connectivity index (χ1v) is 12.3. The van der Waals surface area contributed by atoms with Crippen LogP contribution < -0.4 is 5.32 Å². The van der Waals surface area contributed by atoms with E-state index in [9.17, 15) is 9.59 Å². The van der Waals surface area contributed by atoms with Crippen molar-refractivity contribution in [3.63, 3.8) is 0 Å². The summed E-state index contributed by atoms with van der Waals surface area (Å²) in [6.07, 6.45) is 5.90. The quantitative estimate of drug-likeness (QED) is 0.294. The Morgan fingerprint density at radius 2 is 1.92 bits per heavy atom. The summed E-state index contributed by atoms with van der Waals surface area (Å²) in [5.41, 5.74) is 4.64. The summed E-state index contributed by atoms with van der Waals surface area (Å²) in [4.78, 5) is 30.5. The minimum atomic E-state index is -0.547. The lowest BCUT2D eigenvalue weighted by Gasteiger charge is -2.22. The predicted molar refractivity (Wildman–Crippen MR) is 140 cm³/mol. The maximum Gasteiger partial charge on any atom is 0.339 e. The molecule has 182 valence electrons. The number of fused-ring (bicyclic) bond motifs is 2. The highest BCUT2D eigenvalue weighted by molar-refractivity contribution is 6.42. The van der Waals surface area contributed by atoms with Gasteiger partial charge in [0.25, 0.3) is 5.91 Å². The molecule has 4 aromatic rings. The van der Waals surface area contributed by atoms with Crippen LogP contribution in [0.2, 0.25) is 10.0 Å². The number of aromatic nitrogens is 1. The van der Waals surface area contributed by atoms with Crippen LogP contribution in [0.5, 0.6) is 0 Å². The lowest BCUT2D eigenvalue weighted by Crippen LogP contribution is -2.28. The molecule has 1 N–H and O–H groups in total. The van der Waals surface area contributed by atoms with Gasteiger partial charge in [-0.1, -0.05) is 47.5 Å². The summed E-state index contributed by atoms with van der Waals surface area (Å²) in [6, 6.07) is 16.4. The first-order chi connectivity index (χ1) is 17.5. The van der Waals surface area contributed by atoms with Gasteiger partial charge in [-0.3, -0.25) is 4.79 Å². The standard InChI is InChI=1S/C28H22Cl2N2O4/c29-22-11-10-17(14-23(22)30)13-18-5-3-8-21-26(20-7-1-2-9-24(20)32-27(18)21)28(34)36-16-25(33)31-15-19-6-4-12-35-19/h1-2,4,6-7,9-14H,3,5,8,15-16H2,(H,31,33)/b18-13-. The summed E-state index contributed by atoms with van der Waals surface area (Å²) < 4.78 is 10.7. The number of ether oxygens (including phenoxy) is 1. The van der Waals surface area contributed by atoms with Gasteiger partial charge >= 0.3 is 5.97 Å². The minimum absolute atomic E-state index is 0.222. The van der Waals surface area contributed by atoms with E-state index in [1.54, 1.807) is 18.2 Å². The average molecular weight is 521 g/mol. The summed E-state index contributed by atoms with van der Waals surface area (Å²) >= 11 is 12.3. The van der Waals surface area contributed by atoms with Crippen LogP contribution in [0, 0.1) is 0 Å². The smallest absolute Gasteiger partial charge is 0.339 e. The van der Waals surface area contributed by atoms with Gasteiger partial charge in [0.05, 0.1) is 39.6 Å². The fraction of sp³-hybridized carbons (Fsp3) is 0.179. The van der Waals surface area contributed by atoms with Crippen LogP contribution in [0.15, 0.2) is 65.3 Å². The number of carbonyl (C=O) groups is 2. The number of halogens is 2. The van der Waals surface area contributed by atoms with Crippen LogP contribution in [-0.4, -0.2) is 23.5 Å². The topological polar surface area (TPSA) is 81.4 Å². The molecule has 0 unspecified atom stereocenters. The monoisotopic (exact) mass is 520 g/mol. The number of allylic oxidation sites excluding steroid dienone is 1. The van der Waals surface area contributed by atoms with Gasteiger partial charge in [0.15, 0.2) is 6.61 Å². The average Bonchev–Trinajstić information content (AvgIpc) is 3.41. The van der Waals surface area contributed by atoms with Crippen LogP contribution >= 0.6 is 23.2 Å². The predicted octanol–water partition coefficient (Wildman–Crippen LogP) is 6.48. The van der Waals surface area contributed by atoms with E-state index in [0.717, 1.165) is 35.2 Å². The van der Waals surface area contributed by atoms with Crippen LogP contribution in [-0.2, 0) is 22.5 Å². The van der Waals surface area contributed by atoms with E-state index >= 15 is 0 Å². The van der Waals surface area contributed by atoms with Crippen molar-refractivity contribution >= 4 is 57.6 Å². The van der Waals surface area contributed by atoms with E-state index in [1.807, 2.05) is 42.5 Å². The minimum Gasteiger partial charge on any atom is -0.467 e. The third-order valence-electron chi connectivity index (χ3n) is 6.03. The van der Waals surface area contributed by atoms with Crippen molar-refractivity contribution in [2.75, 3.05) is 6.61 Å². The Morgan fingerprint density at radius 1 is 1.06 bits per heavy atom. The number of pyridine rings is 1. The number of nitrogens with one attached hydrogen (secondary N) is 1. The maximum absolute atomic E-state index is 13.3. The lowest BCUT2D eigenvalue weighted by atomic mass is 9.86. The number of hydrogen-bond acceptors (Lipinski definition) is 5. The highest BCUT2D eigenvalue weighted by Gasteiger charge is 2.26. The van der Waals surface area contributed by atoms with E-state index in [-0.39, 0.29) is 6.54 Å². The zero-order chi connectivity index (χ0) is 25.1. The van der Waals surface area contributed by atoms with Crippen molar-refractivity contribution in [1.29, 1.82) is 0 Å². The van der Waals surface area contributed by atoms with Gasteiger partial charge in [0.2, 0.25) is 0 Å². The molecule has 5 rings (SSSR count). The van der Waals surface area contributed by atoms with E-state index in [0.29, 0.717) is 38.7 Å². The number of nitrogens with zero attached hydrogens (tertiary/aromatic N) is 1. The molecule has 0 spiro atoms. The molecule has 1 amide bonds. The highest BCUT2D eigenvalue weighted by Crippen LogP contribution is 2.37. The molecule has 2 aromatic carbocycles. The van der Waals surface area contributed by atoms with Crippen molar-refractivity contribution in [3.05, 3.63) is 99.1 Å². The third-order valence-corrected chi connectivity index (χ3v) is 6.77. The summed E-state index contributed by atoms with van der Waals surface area (Å²) in [7, 11) is 0. The molecule has 0 saturated carbocycles. The summed E-state index contributed by atoms with van der Waals surface area (Å²) in [5, 5.41) is 4.35. The fourth-order valence-electron chi connectivity index (χ4n) is 4.36. The second-order valence-corrected chi connectivity index (χ2v) is 9.27. The molecular weight excluding hydrogens is 499 g/mol. The molecule has 0 fully saturated rings. The molecule has 2 heterocycles. The normalized spacial score (nSPS) is 14.0. The molecule has 0 aliphatic heterocycles. The second kappa shape index (κ2) is 10.6. The number of rotatable bonds is 6. The molecule has 0 atom stereocenters. The Morgan fingerprint density at radius 3 is 2.72 bits per heavy atom. The Hall–Kier alpha value is -3.61. The van der Waals surface area contributed by atoms with Crippen LogP contribution in [0.3, 0.4) is 0 Å². The van der Waals surface area contributed by atoms with Gasteiger partial charge in [-0.15, -0.1) is 0 Å². The molecular formula is C28H22Cl2N2O4. The number of esters is 1. The van der Waals surface area contributed by atoms with Gasteiger partial charge in [-0.2, -0.15) is 0 Å². The van der Waals surface area contributed by atoms with E-state index in [4.69, 9.17) is 37.3 Å². The fourth-order valence-corrected chi connectivity index (χ4v) is 4.67. The van der Waals surface area contributed by atoms with Crippen LogP contribution in [0.25, 0.3) is 22.6 Å². The zero-order valence-corrected chi connectivity index (χ0v) is 20.7. The first kappa shape index (κ1) is 24.1. The molecule has 1 aliphatic carbocycles. The van der Waals surface area contributed by atoms with Gasteiger partial charge in [-0.05, 0) is 72.4 Å². The maximum atomic E-state index is 13.3. The van der Waals surface area contributed by atoms with Crippen molar-refractivity contribution in [3.8, 4) is 0 Å². The number of carbonyl (C=O) groups excluding carboxylic acids is 2. The second-order valence-electron chi connectivity index (χ2n) is 8.46. The number of amides is 1. The molecule has 1 aliphatic rings. The molecule has 6 nitrogen and oxygen atoms in total. The number of benzene rings is 2. The van der Waals surface area contributed by atoms with Crippen molar-refractivity contribution in [1.82, 2.24) is 10.3 Å². The first-order valence-electron chi connectivity index (χ1n) is 11.5. The van der Waals surface area contributed by atoms with Gasteiger partial charge in [0.1, 0.15) is 5.76 Å². The lowest BCUT2D eigenvalue weighted by molar-refractivity contribution is -0.124. The molecule has 0 radical (unpaired) electrons. The van der Waals surface area contributed by atoms with Gasteiger partial charge in [-0.25, -0.2) is 9.78 Å². The SMILES string of the molecule is O=C(COC(=O)c1c2c(nc3ccccc13)/C(=C\c1ccc(Cl)c(Cl)c1)CCC2)NCc1ccco1. The Balaban J connectivity index is 1.45. The van der Waals surface area contributed by atoms with Gasteiger partial charge < -0.3 is 14.5 Å². The molecule has 8 heteroatoms. The highest BCUT2D eigenvalue weighted by atomic mass is 35.5. The van der Waals surface area contributed by atoms with Crippen molar-refractivity contribution in [2.45, 2.75) is 25.8 Å². The van der Waals surface area contributed by atoms with Crippen molar-refractivity contribution in [2.24, 2.45) is 0 Å². The van der Waals surface area contributed by atoms with Crippen LogP contribution in [0.1, 0.15) is 45.8 Å². The Bertz CT molecular complexity index is 1480. The van der Waals surface area contributed by atoms with E-state index in [1.165, 1.54) is 6.26 Å². The molecule has 0 saturated heterocycles.